The van der Waals surface area contributed by atoms with Crippen molar-refractivity contribution in [3.8, 4) is 0 Å². The molecule has 0 aromatic heterocycles. The molecule has 2 N–H and O–H groups in total. The van der Waals surface area contributed by atoms with Crippen LogP contribution in [0.25, 0.3) is 0 Å². The zero-order valence-corrected chi connectivity index (χ0v) is 12.0. The molecule has 0 bridgehead atoms. The number of hydrogen-bond acceptors (Lipinski definition) is 3. The molecule has 1 atom stereocenters. The van der Waals surface area contributed by atoms with E-state index in [1.165, 1.54) is 0 Å². The van der Waals surface area contributed by atoms with Crippen LogP contribution in [-0.2, 0) is 10.0 Å². The average molecular weight is 270 g/mol. The normalized spacial score (nSPS) is 13.1. The monoisotopic (exact) mass is 270 g/mol. The number of sulfonamides is 1. The second-order valence-corrected chi connectivity index (χ2v) is 6.21. The van der Waals surface area contributed by atoms with Gasteiger partial charge in [0, 0.05) is 6.04 Å². The third-order valence-electron chi connectivity index (χ3n) is 2.71. The summed E-state index contributed by atoms with van der Waals surface area (Å²) in [5.74, 6) is 0. The molecule has 0 aliphatic rings. The SMILES string of the molecule is CCCC(CC)Nc1ccccc1NS(C)(=O)=O. The van der Waals surface area contributed by atoms with E-state index < -0.39 is 10.0 Å². The number of hydrogen-bond donors (Lipinski definition) is 2. The van der Waals surface area contributed by atoms with Crippen LogP contribution in [0.1, 0.15) is 33.1 Å². The van der Waals surface area contributed by atoms with Crippen molar-refractivity contribution in [3.05, 3.63) is 24.3 Å². The summed E-state index contributed by atoms with van der Waals surface area (Å²) in [6.45, 7) is 4.27. The van der Waals surface area contributed by atoms with Crippen molar-refractivity contribution in [1.82, 2.24) is 0 Å². The van der Waals surface area contributed by atoms with Crippen LogP contribution in [0.3, 0.4) is 0 Å². The standard InChI is InChI=1S/C13H22N2O2S/c1-4-8-11(5-2)14-12-9-6-7-10-13(12)15-18(3,16)17/h6-7,9-11,14-15H,4-5,8H2,1-3H3. The fraction of sp³-hybridized carbons (Fsp3) is 0.538. The Hall–Kier alpha value is -1.23. The van der Waals surface area contributed by atoms with E-state index in [9.17, 15) is 8.42 Å². The van der Waals surface area contributed by atoms with E-state index in [4.69, 9.17) is 0 Å². The molecule has 0 saturated carbocycles. The minimum Gasteiger partial charge on any atom is -0.381 e. The van der Waals surface area contributed by atoms with Crippen LogP contribution in [0.15, 0.2) is 24.3 Å². The lowest BCUT2D eigenvalue weighted by molar-refractivity contribution is 0.606. The van der Waals surface area contributed by atoms with Crippen molar-refractivity contribution in [3.63, 3.8) is 0 Å². The molecule has 0 aliphatic carbocycles. The fourth-order valence-corrected chi connectivity index (χ4v) is 2.42. The minimum atomic E-state index is -3.24. The van der Waals surface area contributed by atoms with Gasteiger partial charge in [0.1, 0.15) is 0 Å². The molecule has 0 aliphatic heterocycles. The first-order valence-corrected chi connectivity index (χ1v) is 8.18. The predicted molar refractivity (Wildman–Crippen MR) is 77.5 cm³/mol. The Kier molecular flexibility index (Phi) is 5.47. The van der Waals surface area contributed by atoms with Gasteiger partial charge in [-0.15, -0.1) is 0 Å². The van der Waals surface area contributed by atoms with Crippen molar-refractivity contribution in [2.75, 3.05) is 16.3 Å². The number of anilines is 2. The van der Waals surface area contributed by atoms with Gasteiger partial charge in [-0.2, -0.15) is 0 Å². The summed E-state index contributed by atoms with van der Waals surface area (Å²) >= 11 is 0. The summed E-state index contributed by atoms with van der Waals surface area (Å²) in [4.78, 5) is 0. The number of para-hydroxylation sites is 2. The molecule has 1 rings (SSSR count). The highest BCUT2D eigenvalue weighted by Gasteiger charge is 2.10. The second-order valence-electron chi connectivity index (χ2n) is 4.46. The molecule has 0 saturated heterocycles. The van der Waals surface area contributed by atoms with Crippen LogP contribution >= 0.6 is 0 Å². The zero-order valence-electron chi connectivity index (χ0n) is 11.2. The highest BCUT2D eigenvalue weighted by molar-refractivity contribution is 7.92. The van der Waals surface area contributed by atoms with E-state index in [2.05, 4.69) is 23.9 Å². The first kappa shape index (κ1) is 14.8. The van der Waals surface area contributed by atoms with Gasteiger partial charge in [-0.3, -0.25) is 4.72 Å². The van der Waals surface area contributed by atoms with Gasteiger partial charge in [-0.25, -0.2) is 8.42 Å². The average Bonchev–Trinajstić information content (AvgIpc) is 2.29. The molecule has 1 aromatic rings. The summed E-state index contributed by atoms with van der Waals surface area (Å²) in [7, 11) is -3.24. The topological polar surface area (TPSA) is 58.2 Å². The number of benzene rings is 1. The molecular weight excluding hydrogens is 248 g/mol. The van der Waals surface area contributed by atoms with Crippen LogP contribution < -0.4 is 10.0 Å². The van der Waals surface area contributed by atoms with E-state index in [0.717, 1.165) is 31.2 Å². The lowest BCUT2D eigenvalue weighted by Crippen LogP contribution is -2.20. The summed E-state index contributed by atoms with van der Waals surface area (Å²) in [6.07, 6.45) is 4.35. The van der Waals surface area contributed by atoms with Gasteiger partial charge in [0.25, 0.3) is 0 Å². The lowest BCUT2D eigenvalue weighted by atomic mass is 10.1. The Morgan fingerprint density at radius 1 is 1.17 bits per heavy atom. The smallest absolute Gasteiger partial charge is 0.229 e. The molecule has 5 heteroatoms. The molecule has 1 unspecified atom stereocenters. The molecule has 4 nitrogen and oxygen atoms in total. The summed E-state index contributed by atoms with van der Waals surface area (Å²) in [5.41, 5.74) is 1.44. The maximum Gasteiger partial charge on any atom is 0.229 e. The van der Waals surface area contributed by atoms with Crippen molar-refractivity contribution >= 4 is 21.4 Å². The van der Waals surface area contributed by atoms with E-state index in [1.54, 1.807) is 6.07 Å². The van der Waals surface area contributed by atoms with E-state index in [-0.39, 0.29) is 0 Å². The van der Waals surface area contributed by atoms with Gasteiger partial charge in [-0.1, -0.05) is 32.4 Å². The summed E-state index contributed by atoms with van der Waals surface area (Å²) in [6, 6.07) is 7.75. The molecule has 1 aromatic carbocycles. The maximum atomic E-state index is 11.3. The van der Waals surface area contributed by atoms with Crippen molar-refractivity contribution < 1.29 is 8.42 Å². The predicted octanol–water partition coefficient (Wildman–Crippen LogP) is 3.05. The summed E-state index contributed by atoms with van der Waals surface area (Å²) in [5, 5.41) is 3.39. The van der Waals surface area contributed by atoms with Crippen LogP contribution in [-0.4, -0.2) is 20.7 Å². The van der Waals surface area contributed by atoms with Crippen molar-refractivity contribution in [2.45, 2.75) is 39.2 Å². The van der Waals surface area contributed by atoms with Crippen LogP contribution in [0.2, 0.25) is 0 Å². The zero-order chi connectivity index (χ0) is 13.6. The molecular formula is C13H22N2O2S. The van der Waals surface area contributed by atoms with Gasteiger partial charge in [0.2, 0.25) is 10.0 Å². The third kappa shape index (κ3) is 4.96. The Bertz CT molecular complexity index is 472. The van der Waals surface area contributed by atoms with Crippen LogP contribution in [0.5, 0.6) is 0 Å². The Balaban J connectivity index is 2.88. The van der Waals surface area contributed by atoms with Crippen molar-refractivity contribution in [2.24, 2.45) is 0 Å². The Morgan fingerprint density at radius 3 is 2.28 bits per heavy atom. The first-order chi connectivity index (χ1) is 8.46. The Labute approximate surface area is 110 Å². The van der Waals surface area contributed by atoms with E-state index >= 15 is 0 Å². The van der Waals surface area contributed by atoms with Gasteiger partial charge >= 0.3 is 0 Å². The minimum absolute atomic E-state index is 0.373. The van der Waals surface area contributed by atoms with Gasteiger partial charge in [0.05, 0.1) is 17.6 Å². The molecule has 0 spiro atoms. The number of nitrogens with one attached hydrogen (secondary N) is 2. The molecule has 0 radical (unpaired) electrons. The lowest BCUT2D eigenvalue weighted by Gasteiger charge is -2.20. The highest BCUT2D eigenvalue weighted by Crippen LogP contribution is 2.24. The van der Waals surface area contributed by atoms with Crippen LogP contribution in [0, 0.1) is 0 Å². The molecule has 0 amide bonds. The van der Waals surface area contributed by atoms with Crippen molar-refractivity contribution in [1.29, 1.82) is 0 Å². The molecule has 102 valence electrons. The third-order valence-corrected chi connectivity index (χ3v) is 3.30. The quantitative estimate of drug-likeness (QED) is 0.800. The Morgan fingerprint density at radius 2 is 1.78 bits per heavy atom. The molecule has 18 heavy (non-hydrogen) atoms. The largest absolute Gasteiger partial charge is 0.381 e. The number of rotatable bonds is 7. The maximum absolute atomic E-state index is 11.3. The first-order valence-electron chi connectivity index (χ1n) is 6.29. The van der Waals surface area contributed by atoms with Crippen LogP contribution in [0.4, 0.5) is 11.4 Å². The van der Waals surface area contributed by atoms with Gasteiger partial charge < -0.3 is 5.32 Å². The summed E-state index contributed by atoms with van der Waals surface area (Å²) < 4.78 is 25.1. The van der Waals surface area contributed by atoms with E-state index in [0.29, 0.717) is 11.7 Å². The van der Waals surface area contributed by atoms with Gasteiger partial charge in [0.15, 0.2) is 0 Å². The van der Waals surface area contributed by atoms with E-state index in [1.807, 2.05) is 18.2 Å². The fourth-order valence-electron chi connectivity index (χ4n) is 1.84. The molecule has 0 fully saturated rings. The highest BCUT2D eigenvalue weighted by atomic mass is 32.2. The second kappa shape index (κ2) is 6.64. The molecule has 0 heterocycles. The van der Waals surface area contributed by atoms with Gasteiger partial charge in [-0.05, 0) is 25.0 Å².